The SMILES string of the molecule is Fc1ccc(CC2Cc3ccc(F)cc3CN2)cc1. The molecule has 3 rings (SSSR count). The first kappa shape index (κ1) is 12.3. The van der Waals surface area contributed by atoms with Gasteiger partial charge in [0.05, 0.1) is 0 Å². The molecule has 1 unspecified atom stereocenters. The summed E-state index contributed by atoms with van der Waals surface area (Å²) in [6.45, 7) is 0.693. The second-order valence-electron chi connectivity index (χ2n) is 5.03. The van der Waals surface area contributed by atoms with Gasteiger partial charge in [-0.3, -0.25) is 0 Å². The molecule has 1 heterocycles. The summed E-state index contributed by atoms with van der Waals surface area (Å²) in [5, 5.41) is 3.41. The van der Waals surface area contributed by atoms with E-state index in [9.17, 15) is 8.78 Å². The van der Waals surface area contributed by atoms with Crippen molar-refractivity contribution in [2.75, 3.05) is 0 Å². The molecule has 0 radical (unpaired) electrons. The molecule has 1 N–H and O–H groups in total. The second kappa shape index (κ2) is 5.10. The Morgan fingerprint density at radius 3 is 2.47 bits per heavy atom. The Labute approximate surface area is 111 Å². The Morgan fingerprint density at radius 1 is 0.947 bits per heavy atom. The van der Waals surface area contributed by atoms with Crippen molar-refractivity contribution in [3.63, 3.8) is 0 Å². The summed E-state index contributed by atoms with van der Waals surface area (Å²) < 4.78 is 26.0. The number of benzene rings is 2. The van der Waals surface area contributed by atoms with E-state index in [4.69, 9.17) is 0 Å². The zero-order chi connectivity index (χ0) is 13.2. The van der Waals surface area contributed by atoms with Crippen LogP contribution in [0, 0.1) is 11.6 Å². The third kappa shape index (κ3) is 2.82. The van der Waals surface area contributed by atoms with Crippen LogP contribution < -0.4 is 5.32 Å². The minimum Gasteiger partial charge on any atom is -0.309 e. The number of hydrogen-bond acceptors (Lipinski definition) is 1. The van der Waals surface area contributed by atoms with Gasteiger partial charge in [0, 0.05) is 12.6 Å². The molecule has 1 atom stereocenters. The maximum atomic E-state index is 13.1. The van der Waals surface area contributed by atoms with Crippen molar-refractivity contribution < 1.29 is 8.78 Å². The van der Waals surface area contributed by atoms with Crippen LogP contribution in [0.5, 0.6) is 0 Å². The molecule has 1 aliphatic heterocycles. The van der Waals surface area contributed by atoms with Crippen LogP contribution in [-0.4, -0.2) is 6.04 Å². The summed E-state index contributed by atoms with van der Waals surface area (Å²) in [4.78, 5) is 0. The van der Waals surface area contributed by atoms with E-state index in [2.05, 4.69) is 5.32 Å². The van der Waals surface area contributed by atoms with Gasteiger partial charge in [0.25, 0.3) is 0 Å². The van der Waals surface area contributed by atoms with Gasteiger partial charge in [-0.05, 0) is 53.8 Å². The van der Waals surface area contributed by atoms with Crippen molar-refractivity contribution in [2.45, 2.75) is 25.4 Å². The number of rotatable bonds is 2. The van der Waals surface area contributed by atoms with E-state index in [0.717, 1.165) is 24.0 Å². The topological polar surface area (TPSA) is 12.0 Å². The third-order valence-corrected chi connectivity index (χ3v) is 3.61. The minimum atomic E-state index is -0.207. The number of hydrogen-bond donors (Lipinski definition) is 1. The maximum Gasteiger partial charge on any atom is 0.123 e. The van der Waals surface area contributed by atoms with E-state index >= 15 is 0 Å². The van der Waals surface area contributed by atoms with Crippen molar-refractivity contribution in [1.29, 1.82) is 0 Å². The Hall–Kier alpha value is -1.74. The third-order valence-electron chi connectivity index (χ3n) is 3.61. The van der Waals surface area contributed by atoms with Gasteiger partial charge in [0.1, 0.15) is 11.6 Å². The van der Waals surface area contributed by atoms with Gasteiger partial charge in [0.15, 0.2) is 0 Å². The van der Waals surface area contributed by atoms with Gasteiger partial charge >= 0.3 is 0 Å². The van der Waals surface area contributed by atoms with E-state index in [1.807, 2.05) is 18.2 Å². The first-order valence-electron chi connectivity index (χ1n) is 6.46. The van der Waals surface area contributed by atoms with E-state index in [-0.39, 0.29) is 11.6 Å². The summed E-state index contributed by atoms with van der Waals surface area (Å²) >= 11 is 0. The van der Waals surface area contributed by atoms with Gasteiger partial charge in [-0.2, -0.15) is 0 Å². The Kier molecular flexibility index (Phi) is 3.30. The average molecular weight is 259 g/mol. The molecule has 3 heteroatoms. The van der Waals surface area contributed by atoms with Crippen molar-refractivity contribution in [2.24, 2.45) is 0 Å². The average Bonchev–Trinajstić information content (AvgIpc) is 2.42. The van der Waals surface area contributed by atoms with E-state index in [1.165, 1.54) is 23.8 Å². The smallest absolute Gasteiger partial charge is 0.123 e. The van der Waals surface area contributed by atoms with Crippen LogP contribution in [0.2, 0.25) is 0 Å². The zero-order valence-electron chi connectivity index (χ0n) is 10.5. The molecule has 0 aliphatic carbocycles. The molecule has 0 bridgehead atoms. The molecule has 1 nitrogen and oxygen atoms in total. The summed E-state index contributed by atoms with van der Waals surface area (Å²) in [5.41, 5.74) is 3.35. The van der Waals surface area contributed by atoms with Gasteiger partial charge in [-0.25, -0.2) is 8.78 Å². The van der Waals surface area contributed by atoms with Crippen LogP contribution in [0.1, 0.15) is 16.7 Å². The predicted molar refractivity (Wildman–Crippen MR) is 70.8 cm³/mol. The van der Waals surface area contributed by atoms with Crippen LogP contribution in [-0.2, 0) is 19.4 Å². The molecular weight excluding hydrogens is 244 g/mol. The second-order valence-corrected chi connectivity index (χ2v) is 5.03. The lowest BCUT2D eigenvalue weighted by Crippen LogP contribution is -2.37. The molecule has 0 fully saturated rings. The van der Waals surface area contributed by atoms with E-state index < -0.39 is 0 Å². The molecule has 0 aromatic heterocycles. The van der Waals surface area contributed by atoms with Gasteiger partial charge < -0.3 is 5.32 Å². The van der Waals surface area contributed by atoms with E-state index in [1.54, 1.807) is 6.07 Å². The monoisotopic (exact) mass is 259 g/mol. The summed E-state index contributed by atoms with van der Waals surface area (Å²) in [7, 11) is 0. The van der Waals surface area contributed by atoms with Crippen LogP contribution in [0.4, 0.5) is 8.78 Å². The molecular formula is C16H15F2N. The van der Waals surface area contributed by atoms with Crippen molar-refractivity contribution >= 4 is 0 Å². The normalized spacial score (nSPS) is 18.1. The first-order chi connectivity index (χ1) is 9.20. The Bertz CT molecular complexity index is 578. The molecule has 0 saturated carbocycles. The molecule has 0 spiro atoms. The van der Waals surface area contributed by atoms with Gasteiger partial charge in [-0.15, -0.1) is 0 Å². The highest BCUT2D eigenvalue weighted by atomic mass is 19.1. The minimum absolute atomic E-state index is 0.183. The van der Waals surface area contributed by atoms with Crippen molar-refractivity contribution in [3.05, 3.63) is 70.8 Å². The zero-order valence-corrected chi connectivity index (χ0v) is 10.5. The summed E-state index contributed by atoms with van der Waals surface area (Å²) in [5.74, 6) is -0.390. The highest BCUT2D eigenvalue weighted by Gasteiger charge is 2.18. The molecule has 1 aliphatic rings. The van der Waals surface area contributed by atoms with Gasteiger partial charge in [0.2, 0.25) is 0 Å². The lowest BCUT2D eigenvalue weighted by Gasteiger charge is -2.26. The summed E-state index contributed by atoms with van der Waals surface area (Å²) in [6.07, 6.45) is 1.74. The van der Waals surface area contributed by atoms with Gasteiger partial charge in [-0.1, -0.05) is 18.2 Å². The molecule has 19 heavy (non-hydrogen) atoms. The maximum absolute atomic E-state index is 13.1. The van der Waals surface area contributed by atoms with Crippen molar-refractivity contribution in [3.8, 4) is 0 Å². The van der Waals surface area contributed by atoms with Crippen LogP contribution in [0.15, 0.2) is 42.5 Å². The standard InChI is InChI=1S/C16H15F2N/c17-14-4-1-11(2-5-14)7-16-9-12-3-6-15(18)8-13(12)10-19-16/h1-6,8,16,19H,7,9-10H2. The van der Waals surface area contributed by atoms with E-state index in [0.29, 0.717) is 12.6 Å². The fourth-order valence-electron chi connectivity index (χ4n) is 2.60. The highest BCUT2D eigenvalue weighted by Crippen LogP contribution is 2.20. The molecule has 0 amide bonds. The fourth-order valence-corrected chi connectivity index (χ4v) is 2.60. The summed E-state index contributed by atoms with van der Waals surface area (Å²) in [6, 6.07) is 11.9. The lowest BCUT2D eigenvalue weighted by molar-refractivity contribution is 0.474. The molecule has 2 aromatic rings. The molecule has 98 valence electrons. The van der Waals surface area contributed by atoms with Crippen LogP contribution >= 0.6 is 0 Å². The van der Waals surface area contributed by atoms with Crippen molar-refractivity contribution in [1.82, 2.24) is 5.32 Å². The molecule has 2 aromatic carbocycles. The lowest BCUT2D eigenvalue weighted by atomic mass is 9.92. The molecule has 0 saturated heterocycles. The Balaban J connectivity index is 1.72. The fraction of sp³-hybridized carbons (Fsp3) is 0.250. The first-order valence-corrected chi connectivity index (χ1v) is 6.46. The number of halogens is 2. The quantitative estimate of drug-likeness (QED) is 0.873. The largest absolute Gasteiger partial charge is 0.309 e. The Morgan fingerprint density at radius 2 is 1.68 bits per heavy atom. The highest BCUT2D eigenvalue weighted by molar-refractivity contribution is 5.31. The number of fused-ring (bicyclic) bond motifs is 1. The van der Waals surface area contributed by atoms with Crippen LogP contribution in [0.3, 0.4) is 0 Å². The predicted octanol–water partition coefficient (Wildman–Crippen LogP) is 3.22. The van der Waals surface area contributed by atoms with Crippen LogP contribution in [0.25, 0.3) is 0 Å². The number of nitrogens with one attached hydrogen (secondary N) is 1.